The standard InChI is InChI=1S/C18H21N3O5/c1-24-15-11-21(13-6-3-2-4-7-13)20-17(15)18(23)26-12-16(22)19-10-14-8-5-9-25-14/h2-4,6-7,11,14H,5,8-10,12H2,1H3,(H,19,22)/t14-/m0/s1. The van der Waals surface area contributed by atoms with Gasteiger partial charge in [0.25, 0.3) is 5.91 Å². The first-order chi connectivity index (χ1) is 12.7. The van der Waals surface area contributed by atoms with Crippen molar-refractivity contribution in [1.29, 1.82) is 0 Å². The molecule has 2 heterocycles. The monoisotopic (exact) mass is 359 g/mol. The van der Waals surface area contributed by atoms with Gasteiger partial charge in [-0.1, -0.05) is 18.2 Å². The lowest BCUT2D eigenvalue weighted by atomic mass is 10.2. The molecule has 0 bridgehead atoms. The zero-order valence-corrected chi connectivity index (χ0v) is 14.5. The molecule has 1 aliphatic rings. The van der Waals surface area contributed by atoms with Gasteiger partial charge in [0.2, 0.25) is 5.69 Å². The fourth-order valence-electron chi connectivity index (χ4n) is 2.65. The molecule has 8 nitrogen and oxygen atoms in total. The number of para-hydroxylation sites is 1. The number of ether oxygens (including phenoxy) is 3. The summed E-state index contributed by atoms with van der Waals surface area (Å²) in [6, 6.07) is 9.30. The fourth-order valence-corrected chi connectivity index (χ4v) is 2.65. The molecule has 1 aliphatic heterocycles. The largest absolute Gasteiger partial charge is 0.493 e. The van der Waals surface area contributed by atoms with Gasteiger partial charge >= 0.3 is 5.97 Å². The van der Waals surface area contributed by atoms with Crippen molar-refractivity contribution in [2.45, 2.75) is 18.9 Å². The number of hydrogen-bond acceptors (Lipinski definition) is 6. The van der Waals surface area contributed by atoms with E-state index in [9.17, 15) is 9.59 Å². The Hall–Kier alpha value is -2.87. The van der Waals surface area contributed by atoms with E-state index < -0.39 is 5.97 Å². The molecule has 0 saturated carbocycles. The van der Waals surface area contributed by atoms with Gasteiger partial charge in [0.1, 0.15) is 0 Å². The molecule has 3 rings (SSSR count). The van der Waals surface area contributed by atoms with Gasteiger partial charge in [-0.15, -0.1) is 0 Å². The zero-order valence-electron chi connectivity index (χ0n) is 14.5. The minimum atomic E-state index is -0.719. The van der Waals surface area contributed by atoms with Crippen LogP contribution in [0.5, 0.6) is 5.75 Å². The maximum Gasteiger partial charge on any atom is 0.363 e. The van der Waals surface area contributed by atoms with Gasteiger partial charge in [-0.25, -0.2) is 9.48 Å². The van der Waals surface area contributed by atoms with Crippen LogP contribution >= 0.6 is 0 Å². The van der Waals surface area contributed by atoms with E-state index in [-0.39, 0.29) is 30.1 Å². The fraction of sp³-hybridized carbons (Fsp3) is 0.389. The first-order valence-corrected chi connectivity index (χ1v) is 8.42. The minimum absolute atomic E-state index is 0.0169. The molecule has 1 aromatic heterocycles. The van der Waals surface area contributed by atoms with E-state index in [0.29, 0.717) is 6.54 Å². The molecular weight excluding hydrogens is 338 g/mol. The molecule has 0 radical (unpaired) electrons. The van der Waals surface area contributed by atoms with Crippen LogP contribution in [-0.2, 0) is 14.3 Å². The highest BCUT2D eigenvalue weighted by molar-refractivity contribution is 5.92. The summed E-state index contributed by atoms with van der Waals surface area (Å²) >= 11 is 0. The third-order valence-electron chi connectivity index (χ3n) is 4.00. The highest BCUT2D eigenvalue weighted by Gasteiger charge is 2.21. The predicted octanol–water partition coefficient (Wildman–Crippen LogP) is 1.33. The van der Waals surface area contributed by atoms with Gasteiger partial charge < -0.3 is 19.5 Å². The van der Waals surface area contributed by atoms with Crippen molar-refractivity contribution in [1.82, 2.24) is 15.1 Å². The Morgan fingerprint density at radius 1 is 1.35 bits per heavy atom. The Balaban J connectivity index is 1.57. The lowest BCUT2D eigenvalue weighted by Gasteiger charge is -2.10. The van der Waals surface area contributed by atoms with Crippen LogP contribution in [0.15, 0.2) is 36.5 Å². The Labute approximate surface area is 151 Å². The van der Waals surface area contributed by atoms with Gasteiger partial charge in [0.15, 0.2) is 12.4 Å². The molecule has 138 valence electrons. The third kappa shape index (κ3) is 4.40. The van der Waals surface area contributed by atoms with Crippen molar-refractivity contribution in [3.05, 3.63) is 42.2 Å². The van der Waals surface area contributed by atoms with E-state index in [1.165, 1.54) is 11.8 Å². The van der Waals surface area contributed by atoms with Crippen molar-refractivity contribution in [2.75, 3.05) is 26.9 Å². The van der Waals surface area contributed by atoms with Gasteiger partial charge in [0.05, 0.1) is 25.1 Å². The number of benzene rings is 1. The van der Waals surface area contributed by atoms with Crippen LogP contribution in [0, 0.1) is 0 Å². The van der Waals surface area contributed by atoms with Crippen molar-refractivity contribution in [3.63, 3.8) is 0 Å². The summed E-state index contributed by atoms with van der Waals surface area (Å²) in [5, 5.41) is 6.90. The summed E-state index contributed by atoms with van der Waals surface area (Å²) in [4.78, 5) is 24.1. The second-order valence-electron chi connectivity index (χ2n) is 5.84. The SMILES string of the molecule is COc1cn(-c2ccccc2)nc1C(=O)OCC(=O)NC[C@@H]1CCCO1. The van der Waals surface area contributed by atoms with Gasteiger partial charge in [-0.3, -0.25) is 4.79 Å². The smallest absolute Gasteiger partial charge is 0.363 e. The number of carbonyl (C=O) groups is 2. The summed E-state index contributed by atoms with van der Waals surface area (Å²) in [6.45, 7) is 0.759. The normalized spacial score (nSPS) is 16.3. The van der Waals surface area contributed by atoms with E-state index >= 15 is 0 Å². The molecular formula is C18H21N3O5. The van der Waals surface area contributed by atoms with E-state index in [0.717, 1.165) is 25.1 Å². The molecule has 0 aliphatic carbocycles. The van der Waals surface area contributed by atoms with Crippen molar-refractivity contribution >= 4 is 11.9 Å². The van der Waals surface area contributed by atoms with Crippen LogP contribution in [0.25, 0.3) is 5.69 Å². The highest BCUT2D eigenvalue weighted by atomic mass is 16.5. The first-order valence-electron chi connectivity index (χ1n) is 8.42. The Morgan fingerprint density at radius 3 is 2.85 bits per heavy atom. The number of amides is 1. The van der Waals surface area contributed by atoms with Crippen molar-refractivity contribution in [2.24, 2.45) is 0 Å². The third-order valence-corrected chi connectivity index (χ3v) is 4.00. The molecule has 1 atom stereocenters. The van der Waals surface area contributed by atoms with Crippen LogP contribution in [0.3, 0.4) is 0 Å². The van der Waals surface area contributed by atoms with Gasteiger partial charge in [-0.05, 0) is 25.0 Å². The van der Waals surface area contributed by atoms with Crippen LogP contribution in [0.4, 0.5) is 0 Å². The summed E-state index contributed by atoms with van der Waals surface area (Å²) in [7, 11) is 1.44. The predicted molar refractivity (Wildman–Crippen MR) is 92.4 cm³/mol. The van der Waals surface area contributed by atoms with Crippen molar-refractivity contribution in [3.8, 4) is 11.4 Å². The molecule has 1 N–H and O–H groups in total. The number of methoxy groups -OCH3 is 1. The number of nitrogens with zero attached hydrogens (tertiary/aromatic N) is 2. The molecule has 0 unspecified atom stereocenters. The molecule has 26 heavy (non-hydrogen) atoms. The second kappa shape index (κ2) is 8.48. The first kappa shape index (κ1) is 17.9. The maximum atomic E-state index is 12.3. The van der Waals surface area contributed by atoms with Crippen LogP contribution in [0.1, 0.15) is 23.3 Å². The minimum Gasteiger partial charge on any atom is -0.493 e. The summed E-state index contributed by atoms with van der Waals surface area (Å²) in [5.74, 6) is -0.822. The highest BCUT2D eigenvalue weighted by Crippen LogP contribution is 2.20. The summed E-state index contributed by atoms with van der Waals surface area (Å²) < 4.78 is 17.2. The van der Waals surface area contributed by atoms with Crippen LogP contribution in [0.2, 0.25) is 0 Å². The number of aromatic nitrogens is 2. The van der Waals surface area contributed by atoms with E-state index in [4.69, 9.17) is 14.2 Å². The second-order valence-corrected chi connectivity index (χ2v) is 5.84. The molecule has 1 fully saturated rings. The van der Waals surface area contributed by atoms with E-state index in [1.54, 1.807) is 6.20 Å². The van der Waals surface area contributed by atoms with Crippen LogP contribution in [-0.4, -0.2) is 54.6 Å². The van der Waals surface area contributed by atoms with E-state index in [1.807, 2.05) is 30.3 Å². The van der Waals surface area contributed by atoms with Gasteiger partial charge in [0, 0.05) is 13.2 Å². The number of carbonyl (C=O) groups excluding carboxylic acids is 2. The number of hydrogen-bond donors (Lipinski definition) is 1. The average molecular weight is 359 g/mol. The Kier molecular flexibility index (Phi) is 5.85. The van der Waals surface area contributed by atoms with Gasteiger partial charge in [-0.2, -0.15) is 5.10 Å². The Morgan fingerprint density at radius 2 is 2.15 bits per heavy atom. The number of esters is 1. The average Bonchev–Trinajstić information content (AvgIpc) is 3.34. The van der Waals surface area contributed by atoms with Crippen LogP contribution < -0.4 is 10.1 Å². The summed E-state index contributed by atoms with van der Waals surface area (Å²) in [5.41, 5.74) is 0.794. The number of nitrogens with one attached hydrogen (secondary N) is 1. The molecule has 0 spiro atoms. The topological polar surface area (TPSA) is 91.7 Å². The summed E-state index contributed by atoms with van der Waals surface area (Å²) in [6.07, 6.45) is 3.55. The number of rotatable bonds is 7. The maximum absolute atomic E-state index is 12.3. The zero-order chi connectivity index (χ0) is 18.4. The lowest BCUT2D eigenvalue weighted by Crippen LogP contribution is -2.34. The molecule has 1 amide bonds. The van der Waals surface area contributed by atoms with Crippen molar-refractivity contribution < 1.29 is 23.8 Å². The Bertz CT molecular complexity index is 753. The molecule has 8 heteroatoms. The lowest BCUT2D eigenvalue weighted by molar-refractivity contribution is -0.124. The quantitative estimate of drug-likeness (QED) is 0.750. The van der Waals surface area contributed by atoms with E-state index in [2.05, 4.69) is 10.4 Å². The molecule has 2 aromatic rings. The molecule has 1 saturated heterocycles. The molecule has 1 aromatic carbocycles.